The van der Waals surface area contributed by atoms with Gasteiger partial charge in [-0.05, 0) is 50.6 Å². The van der Waals surface area contributed by atoms with Crippen LogP contribution >= 0.6 is 11.6 Å². The number of hydrogen-bond donors (Lipinski definition) is 2. The number of piperazine rings is 1. The molecule has 0 aromatic heterocycles. The number of carbonyl (C=O) groups is 1. The van der Waals surface area contributed by atoms with E-state index in [2.05, 4.69) is 16.3 Å². The van der Waals surface area contributed by atoms with Crippen molar-refractivity contribution in [1.82, 2.24) is 0 Å². The average Bonchev–Trinajstić information content (AvgIpc) is 2.71. The fourth-order valence-electron chi connectivity index (χ4n) is 3.62. The minimum Gasteiger partial charge on any atom is -0.492 e. The van der Waals surface area contributed by atoms with Crippen molar-refractivity contribution in [2.24, 2.45) is 0 Å². The van der Waals surface area contributed by atoms with Gasteiger partial charge >= 0.3 is 0 Å². The van der Waals surface area contributed by atoms with Crippen LogP contribution in [0.2, 0.25) is 5.02 Å². The zero-order chi connectivity index (χ0) is 20.1. The lowest BCUT2D eigenvalue weighted by atomic mass is 10.1. The number of carbonyl (C=O) groups excluding carboxylic acids is 1. The molecule has 1 atom stereocenters. The van der Waals surface area contributed by atoms with Crippen molar-refractivity contribution in [3.8, 4) is 5.75 Å². The second-order valence-electron chi connectivity index (χ2n) is 7.22. The molecule has 1 heterocycles. The summed E-state index contributed by atoms with van der Waals surface area (Å²) in [7, 11) is 0. The second kappa shape index (κ2) is 9.30. The number of aryl methyl sites for hydroxylation is 1. The lowest BCUT2D eigenvalue weighted by Gasteiger charge is -2.36. The van der Waals surface area contributed by atoms with Crippen LogP contribution in [0.4, 0.5) is 11.4 Å². The predicted octanol–water partition coefficient (Wildman–Crippen LogP) is 2.78. The number of quaternary nitrogens is 1. The maximum absolute atomic E-state index is 12.8. The third-order valence-corrected chi connectivity index (χ3v) is 5.61. The molecule has 1 saturated heterocycles. The largest absolute Gasteiger partial charge is 0.492 e. The van der Waals surface area contributed by atoms with Gasteiger partial charge in [-0.2, -0.15) is 0 Å². The Hall–Kier alpha value is -2.24. The van der Waals surface area contributed by atoms with E-state index in [1.54, 1.807) is 6.07 Å². The molecule has 6 heteroatoms. The van der Waals surface area contributed by atoms with E-state index in [9.17, 15) is 4.79 Å². The highest BCUT2D eigenvalue weighted by molar-refractivity contribution is 6.31. The van der Waals surface area contributed by atoms with Gasteiger partial charge in [-0.1, -0.05) is 29.8 Å². The minimum atomic E-state index is -0.123. The van der Waals surface area contributed by atoms with Gasteiger partial charge in [0.05, 0.1) is 38.5 Å². The Labute approximate surface area is 172 Å². The standard InChI is InChI=1S/C22H28ClN3O2/c1-4-28-21-8-6-5-7-20(21)26-13-11-25(12-14-26)17(3)22(27)24-19-15-18(23)10-9-16(19)2/h5-10,15,17H,4,11-14H2,1-3H3,(H,24,27)/p+1/t17-/m1/s1. The summed E-state index contributed by atoms with van der Waals surface area (Å²) in [4.78, 5) is 16.4. The fraction of sp³-hybridized carbons (Fsp3) is 0.409. The summed E-state index contributed by atoms with van der Waals surface area (Å²) in [6.07, 6.45) is 0. The molecule has 0 aliphatic carbocycles. The molecule has 2 aromatic rings. The van der Waals surface area contributed by atoms with Crippen LogP contribution in [-0.4, -0.2) is 44.7 Å². The molecule has 0 radical (unpaired) electrons. The van der Waals surface area contributed by atoms with Crippen LogP contribution in [0.5, 0.6) is 5.75 Å². The summed E-state index contributed by atoms with van der Waals surface area (Å²) in [5, 5.41) is 3.67. The number of benzene rings is 2. The number of para-hydroxylation sites is 2. The first kappa shape index (κ1) is 20.5. The van der Waals surface area contributed by atoms with Gasteiger partial charge in [0.15, 0.2) is 6.04 Å². The van der Waals surface area contributed by atoms with Gasteiger partial charge in [0.25, 0.3) is 5.91 Å². The molecular formula is C22H29ClN3O2+. The topological polar surface area (TPSA) is 46.0 Å². The van der Waals surface area contributed by atoms with E-state index in [1.165, 1.54) is 4.90 Å². The van der Waals surface area contributed by atoms with Crippen molar-refractivity contribution in [3.63, 3.8) is 0 Å². The van der Waals surface area contributed by atoms with Crippen molar-refractivity contribution >= 4 is 28.9 Å². The van der Waals surface area contributed by atoms with Crippen molar-refractivity contribution in [2.45, 2.75) is 26.8 Å². The van der Waals surface area contributed by atoms with Gasteiger partial charge < -0.3 is 19.9 Å². The van der Waals surface area contributed by atoms with Crippen LogP contribution in [0, 0.1) is 6.92 Å². The molecule has 2 N–H and O–H groups in total. The Morgan fingerprint density at radius 2 is 1.96 bits per heavy atom. The molecule has 0 saturated carbocycles. The smallest absolute Gasteiger partial charge is 0.282 e. The molecule has 1 aliphatic rings. The lowest BCUT2D eigenvalue weighted by molar-refractivity contribution is -0.914. The van der Waals surface area contributed by atoms with Crippen LogP contribution in [0.25, 0.3) is 0 Å². The summed E-state index contributed by atoms with van der Waals surface area (Å²) in [5.74, 6) is 0.958. The number of amides is 1. The molecule has 28 heavy (non-hydrogen) atoms. The van der Waals surface area contributed by atoms with Crippen LogP contribution in [0.3, 0.4) is 0 Å². The number of rotatable bonds is 6. The molecule has 0 bridgehead atoms. The van der Waals surface area contributed by atoms with Crippen molar-refractivity contribution in [1.29, 1.82) is 0 Å². The van der Waals surface area contributed by atoms with Crippen LogP contribution in [-0.2, 0) is 4.79 Å². The summed E-state index contributed by atoms with van der Waals surface area (Å²) in [6.45, 7) is 10.2. The molecular weight excluding hydrogens is 374 g/mol. The second-order valence-corrected chi connectivity index (χ2v) is 7.65. The molecule has 0 spiro atoms. The van der Waals surface area contributed by atoms with E-state index in [4.69, 9.17) is 16.3 Å². The number of halogens is 1. The maximum atomic E-state index is 12.8. The predicted molar refractivity (Wildman–Crippen MR) is 115 cm³/mol. The van der Waals surface area contributed by atoms with Crippen LogP contribution < -0.4 is 19.9 Å². The Kier molecular flexibility index (Phi) is 6.81. The summed E-state index contributed by atoms with van der Waals surface area (Å²) in [5.41, 5.74) is 2.93. The molecule has 1 amide bonds. The monoisotopic (exact) mass is 402 g/mol. The number of nitrogens with zero attached hydrogens (tertiary/aromatic N) is 1. The zero-order valence-electron chi connectivity index (χ0n) is 16.8. The van der Waals surface area contributed by atoms with Gasteiger partial charge in [-0.15, -0.1) is 0 Å². The minimum absolute atomic E-state index is 0.0310. The fourth-order valence-corrected chi connectivity index (χ4v) is 3.79. The van der Waals surface area contributed by atoms with E-state index in [1.807, 2.05) is 51.1 Å². The van der Waals surface area contributed by atoms with Gasteiger partial charge in [-0.25, -0.2) is 0 Å². The number of anilines is 2. The molecule has 1 fully saturated rings. The average molecular weight is 403 g/mol. The van der Waals surface area contributed by atoms with E-state index in [0.29, 0.717) is 11.6 Å². The van der Waals surface area contributed by atoms with E-state index in [-0.39, 0.29) is 11.9 Å². The lowest BCUT2D eigenvalue weighted by Crippen LogP contribution is -3.19. The highest BCUT2D eigenvalue weighted by atomic mass is 35.5. The highest BCUT2D eigenvalue weighted by Gasteiger charge is 2.30. The van der Waals surface area contributed by atoms with E-state index < -0.39 is 0 Å². The molecule has 2 aromatic carbocycles. The summed E-state index contributed by atoms with van der Waals surface area (Å²) < 4.78 is 5.77. The Balaban J connectivity index is 1.60. The highest BCUT2D eigenvalue weighted by Crippen LogP contribution is 2.27. The first-order chi connectivity index (χ1) is 13.5. The third-order valence-electron chi connectivity index (χ3n) is 5.37. The van der Waals surface area contributed by atoms with Crippen molar-refractivity contribution in [2.75, 3.05) is 43.0 Å². The Bertz CT molecular complexity index is 819. The first-order valence-corrected chi connectivity index (χ1v) is 10.3. The normalized spacial score (nSPS) is 15.9. The molecule has 5 nitrogen and oxygen atoms in total. The molecule has 1 aliphatic heterocycles. The Morgan fingerprint density at radius 1 is 1.25 bits per heavy atom. The summed E-state index contributed by atoms with van der Waals surface area (Å²) >= 11 is 6.07. The molecule has 150 valence electrons. The van der Waals surface area contributed by atoms with Gasteiger partial charge in [0, 0.05) is 10.7 Å². The number of hydrogen-bond acceptors (Lipinski definition) is 3. The SMILES string of the molecule is CCOc1ccccc1N1CC[NH+]([C@H](C)C(=O)Nc2cc(Cl)ccc2C)CC1. The first-order valence-electron chi connectivity index (χ1n) is 9.88. The van der Waals surface area contributed by atoms with Gasteiger partial charge in [-0.3, -0.25) is 4.79 Å². The third kappa shape index (κ3) is 4.78. The molecule has 3 rings (SSSR count). The number of nitrogens with one attached hydrogen (secondary N) is 2. The van der Waals surface area contributed by atoms with Gasteiger partial charge in [0.2, 0.25) is 0 Å². The molecule has 0 unspecified atom stereocenters. The van der Waals surface area contributed by atoms with Gasteiger partial charge in [0.1, 0.15) is 5.75 Å². The number of ether oxygens (including phenoxy) is 1. The van der Waals surface area contributed by atoms with E-state index >= 15 is 0 Å². The van der Waals surface area contributed by atoms with Crippen molar-refractivity contribution in [3.05, 3.63) is 53.1 Å². The summed E-state index contributed by atoms with van der Waals surface area (Å²) in [6, 6.07) is 13.6. The van der Waals surface area contributed by atoms with E-state index in [0.717, 1.165) is 48.9 Å². The van der Waals surface area contributed by atoms with Crippen molar-refractivity contribution < 1.29 is 14.4 Å². The zero-order valence-corrected chi connectivity index (χ0v) is 17.6. The van der Waals surface area contributed by atoms with Crippen LogP contribution in [0.15, 0.2) is 42.5 Å². The maximum Gasteiger partial charge on any atom is 0.282 e. The van der Waals surface area contributed by atoms with Crippen LogP contribution in [0.1, 0.15) is 19.4 Å². The quantitative estimate of drug-likeness (QED) is 0.781. The Morgan fingerprint density at radius 3 is 2.68 bits per heavy atom.